The highest BCUT2D eigenvalue weighted by atomic mass is 32.2. The van der Waals surface area contributed by atoms with Crippen LogP contribution in [0.15, 0.2) is 29.7 Å². The number of carbonyl (C=O) groups excluding carboxylic acids is 1. The molecule has 0 aliphatic carbocycles. The SMILES string of the molecule is Nc1cc(F)ccc1NC(=O)CSc1ncn[nH]1. The summed E-state index contributed by atoms with van der Waals surface area (Å²) >= 11 is 1.21. The molecule has 6 nitrogen and oxygen atoms in total. The second-order valence-electron chi connectivity index (χ2n) is 3.36. The monoisotopic (exact) mass is 267 g/mol. The van der Waals surface area contributed by atoms with Crippen molar-refractivity contribution in [3.05, 3.63) is 30.3 Å². The first-order chi connectivity index (χ1) is 8.65. The van der Waals surface area contributed by atoms with Crippen LogP contribution in [0.1, 0.15) is 0 Å². The van der Waals surface area contributed by atoms with Gasteiger partial charge in [0.05, 0.1) is 17.1 Å². The van der Waals surface area contributed by atoms with Gasteiger partial charge in [0.25, 0.3) is 0 Å². The first kappa shape index (κ1) is 12.4. The summed E-state index contributed by atoms with van der Waals surface area (Å²) in [4.78, 5) is 15.5. The molecule has 8 heteroatoms. The number of rotatable bonds is 4. The van der Waals surface area contributed by atoms with Crippen LogP contribution < -0.4 is 11.1 Å². The molecular weight excluding hydrogens is 257 g/mol. The number of aromatic nitrogens is 3. The van der Waals surface area contributed by atoms with E-state index in [1.54, 1.807) is 0 Å². The van der Waals surface area contributed by atoms with Gasteiger partial charge < -0.3 is 11.1 Å². The molecular formula is C10H10FN5OS. The van der Waals surface area contributed by atoms with Crippen molar-refractivity contribution in [1.29, 1.82) is 0 Å². The third-order valence-electron chi connectivity index (χ3n) is 2.02. The Morgan fingerprint density at radius 2 is 2.39 bits per heavy atom. The van der Waals surface area contributed by atoms with Crippen molar-refractivity contribution < 1.29 is 9.18 Å². The average molecular weight is 267 g/mol. The van der Waals surface area contributed by atoms with Crippen molar-refractivity contribution in [1.82, 2.24) is 15.2 Å². The van der Waals surface area contributed by atoms with Crippen LogP contribution in [-0.4, -0.2) is 26.8 Å². The summed E-state index contributed by atoms with van der Waals surface area (Å²) in [5.74, 6) is -0.539. The number of benzene rings is 1. The van der Waals surface area contributed by atoms with E-state index in [-0.39, 0.29) is 17.3 Å². The van der Waals surface area contributed by atoms with Gasteiger partial charge in [-0.3, -0.25) is 9.89 Å². The molecule has 0 spiro atoms. The second-order valence-corrected chi connectivity index (χ2v) is 4.32. The molecule has 0 aliphatic rings. The molecule has 2 aromatic rings. The fraction of sp³-hybridized carbons (Fsp3) is 0.100. The number of nitrogens with zero attached hydrogens (tertiary/aromatic N) is 2. The maximum atomic E-state index is 12.8. The molecule has 1 aromatic heterocycles. The summed E-state index contributed by atoms with van der Waals surface area (Å²) in [6.45, 7) is 0. The van der Waals surface area contributed by atoms with E-state index in [1.165, 1.54) is 30.2 Å². The molecule has 0 fully saturated rings. The van der Waals surface area contributed by atoms with Crippen LogP contribution in [-0.2, 0) is 4.79 Å². The standard InChI is InChI=1S/C10H10FN5OS/c11-6-1-2-8(7(12)3-6)15-9(17)4-18-10-13-5-14-16-10/h1-3,5H,4,12H2,(H,15,17)(H,13,14,16). The lowest BCUT2D eigenvalue weighted by Gasteiger charge is -2.07. The Labute approximate surface area is 106 Å². The third-order valence-corrected chi connectivity index (χ3v) is 2.90. The maximum Gasteiger partial charge on any atom is 0.234 e. The minimum absolute atomic E-state index is 0.159. The molecule has 0 aliphatic heterocycles. The molecule has 1 amide bonds. The molecule has 18 heavy (non-hydrogen) atoms. The molecule has 0 unspecified atom stereocenters. The Balaban J connectivity index is 1.91. The lowest BCUT2D eigenvalue weighted by atomic mass is 10.2. The van der Waals surface area contributed by atoms with E-state index in [0.29, 0.717) is 10.8 Å². The minimum Gasteiger partial charge on any atom is -0.397 e. The summed E-state index contributed by atoms with van der Waals surface area (Å²) < 4.78 is 12.8. The van der Waals surface area contributed by atoms with Crippen molar-refractivity contribution in [2.75, 3.05) is 16.8 Å². The molecule has 0 saturated carbocycles. The number of amides is 1. The van der Waals surface area contributed by atoms with Crippen molar-refractivity contribution in [3.8, 4) is 0 Å². The summed E-state index contributed by atoms with van der Waals surface area (Å²) in [6, 6.07) is 3.80. The Hall–Kier alpha value is -2.09. The van der Waals surface area contributed by atoms with E-state index in [9.17, 15) is 9.18 Å². The van der Waals surface area contributed by atoms with Crippen molar-refractivity contribution in [3.63, 3.8) is 0 Å². The number of anilines is 2. The number of carbonyl (C=O) groups is 1. The summed E-state index contributed by atoms with van der Waals surface area (Å²) in [6.07, 6.45) is 1.36. The van der Waals surface area contributed by atoms with Gasteiger partial charge in [0.1, 0.15) is 12.1 Å². The number of aromatic amines is 1. The van der Waals surface area contributed by atoms with Crippen LogP contribution in [0, 0.1) is 5.82 Å². The highest BCUT2D eigenvalue weighted by Gasteiger charge is 2.07. The molecule has 1 heterocycles. The van der Waals surface area contributed by atoms with E-state index < -0.39 is 5.82 Å². The van der Waals surface area contributed by atoms with Gasteiger partial charge in [-0.25, -0.2) is 9.37 Å². The van der Waals surface area contributed by atoms with Crippen LogP contribution in [0.25, 0.3) is 0 Å². The Bertz CT molecular complexity index is 545. The third kappa shape index (κ3) is 3.20. The Morgan fingerprint density at radius 1 is 1.56 bits per heavy atom. The van der Waals surface area contributed by atoms with Gasteiger partial charge in [0.2, 0.25) is 5.91 Å². The van der Waals surface area contributed by atoms with Gasteiger partial charge in [-0.1, -0.05) is 11.8 Å². The highest BCUT2D eigenvalue weighted by Crippen LogP contribution is 2.19. The number of hydrogen-bond donors (Lipinski definition) is 3. The van der Waals surface area contributed by atoms with Crippen molar-refractivity contribution in [2.45, 2.75) is 5.16 Å². The number of hydrogen-bond acceptors (Lipinski definition) is 5. The molecule has 0 radical (unpaired) electrons. The van der Waals surface area contributed by atoms with Gasteiger partial charge in [-0.2, -0.15) is 5.10 Å². The molecule has 0 atom stereocenters. The van der Waals surface area contributed by atoms with Gasteiger partial charge in [-0.15, -0.1) is 0 Å². The average Bonchev–Trinajstić information content (AvgIpc) is 2.83. The van der Waals surface area contributed by atoms with E-state index in [1.807, 2.05) is 0 Å². The van der Waals surface area contributed by atoms with E-state index in [2.05, 4.69) is 20.5 Å². The quantitative estimate of drug-likeness (QED) is 0.572. The van der Waals surface area contributed by atoms with Gasteiger partial charge in [0.15, 0.2) is 5.16 Å². The van der Waals surface area contributed by atoms with Crippen molar-refractivity contribution >= 4 is 29.0 Å². The first-order valence-corrected chi connectivity index (χ1v) is 5.97. The summed E-state index contributed by atoms with van der Waals surface area (Å²) in [7, 11) is 0. The first-order valence-electron chi connectivity index (χ1n) is 4.98. The fourth-order valence-corrected chi connectivity index (χ4v) is 1.81. The number of H-pyrrole nitrogens is 1. The second kappa shape index (κ2) is 5.50. The number of nitrogens with two attached hydrogens (primary N) is 1. The predicted octanol–water partition coefficient (Wildman–Crippen LogP) is 1.26. The Kier molecular flexibility index (Phi) is 3.78. The summed E-state index contributed by atoms with van der Waals surface area (Å²) in [5, 5.41) is 9.42. The lowest BCUT2D eigenvalue weighted by Crippen LogP contribution is -2.15. The zero-order valence-corrected chi connectivity index (χ0v) is 10.00. The molecule has 94 valence electrons. The smallest absolute Gasteiger partial charge is 0.234 e. The fourth-order valence-electron chi connectivity index (χ4n) is 1.23. The van der Waals surface area contributed by atoms with Crippen LogP contribution in [0.4, 0.5) is 15.8 Å². The zero-order valence-electron chi connectivity index (χ0n) is 9.18. The van der Waals surface area contributed by atoms with E-state index in [0.717, 1.165) is 6.07 Å². The number of halogens is 1. The molecule has 1 aromatic carbocycles. The highest BCUT2D eigenvalue weighted by molar-refractivity contribution is 7.99. The largest absolute Gasteiger partial charge is 0.397 e. The zero-order chi connectivity index (χ0) is 13.0. The van der Waals surface area contributed by atoms with Crippen LogP contribution >= 0.6 is 11.8 Å². The van der Waals surface area contributed by atoms with E-state index >= 15 is 0 Å². The molecule has 0 bridgehead atoms. The molecule has 4 N–H and O–H groups in total. The van der Waals surface area contributed by atoms with Gasteiger partial charge in [0, 0.05) is 0 Å². The predicted molar refractivity (Wildman–Crippen MR) is 66.5 cm³/mol. The lowest BCUT2D eigenvalue weighted by molar-refractivity contribution is -0.113. The summed E-state index contributed by atoms with van der Waals surface area (Å²) in [5.41, 5.74) is 6.15. The maximum absolute atomic E-state index is 12.8. The van der Waals surface area contributed by atoms with Gasteiger partial charge in [-0.05, 0) is 18.2 Å². The minimum atomic E-state index is -0.443. The van der Waals surface area contributed by atoms with Crippen molar-refractivity contribution in [2.24, 2.45) is 0 Å². The molecule has 2 rings (SSSR count). The van der Waals surface area contributed by atoms with Gasteiger partial charge >= 0.3 is 0 Å². The number of nitrogen functional groups attached to an aromatic ring is 1. The van der Waals surface area contributed by atoms with Crippen LogP contribution in [0.2, 0.25) is 0 Å². The Morgan fingerprint density at radius 3 is 3.06 bits per heavy atom. The van der Waals surface area contributed by atoms with Crippen LogP contribution in [0.5, 0.6) is 0 Å². The molecule has 0 saturated heterocycles. The van der Waals surface area contributed by atoms with Crippen LogP contribution in [0.3, 0.4) is 0 Å². The topological polar surface area (TPSA) is 96.7 Å². The number of nitrogens with one attached hydrogen (secondary N) is 2. The van der Waals surface area contributed by atoms with E-state index in [4.69, 9.17) is 5.73 Å². The number of thioether (sulfide) groups is 1. The normalized spacial score (nSPS) is 10.3.